The van der Waals surface area contributed by atoms with Crippen LogP contribution < -0.4 is 9.80 Å². The summed E-state index contributed by atoms with van der Waals surface area (Å²) in [5, 5.41) is 4.33. The number of anilines is 6. The SMILES string of the molecule is CC1(C)c2ccccc2-c2c(N(c3cccc(N(c4ccc5c(c4)C(c4ccccc4)(c4ccccc4)c4ccccc4-5)c4ccc5c(c4)oc4ccccc45)c3)c3cccc4oc5ccccc5c34)cccc21. The fourth-order valence-corrected chi connectivity index (χ4v) is 12.9. The molecule has 0 spiro atoms. The van der Waals surface area contributed by atoms with Crippen molar-refractivity contribution >= 4 is 78.0 Å². The minimum Gasteiger partial charge on any atom is -0.456 e. The van der Waals surface area contributed by atoms with Gasteiger partial charge in [-0.2, -0.15) is 0 Å². The highest BCUT2D eigenvalue weighted by atomic mass is 16.3. The van der Waals surface area contributed by atoms with Crippen LogP contribution in [0.25, 0.3) is 66.1 Å². The van der Waals surface area contributed by atoms with Crippen LogP contribution in [0, 0.1) is 0 Å². The predicted octanol–water partition coefficient (Wildman–Crippen LogP) is 19.1. The van der Waals surface area contributed by atoms with E-state index in [4.69, 9.17) is 8.83 Å². The van der Waals surface area contributed by atoms with Crippen LogP contribution in [0.3, 0.4) is 0 Å². The first-order valence-electron chi connectivity index (χ1n) is 25.6. The standard InChI is InChI=1S/C70H48N2O2/c1-69(2)57-30-13-10-28-55(57)67-59(69)32-18-33-61(67)72(62-34-19-37-65-68(62)56-29-12-16-36-64(56)73-65)48-25-17-24-47(42-48)71(50-39-41-54-53-27-11-15-35-63(53)74-66(54)44-50)49-38-40-52-51-26-9-14-31-58(51)70(60(52)43-49,45-20-5-3-6-21-45)46-22-7-4-8-23-46/h3-44H,1-2H3. The van der Waals surface area contributed by atoms with Gasteiger partial charge in [-0.3, -0.25) is 0 Å². The molecule has 4 heteroatoms. The van der Waals surface area contributed by atoms with Crippen LogP contribution in [0.4, 0.5) is 34.1 Å². The molecule has 0 saturated carbocycles. The molecule has 0 saturated heterocycles. The van der Waals surface area contributed by atoms with Crippen molar-refractivity contribution in [3.8, 4) is 22.3 Å². The quantitative estimate of drug-likeness (QED) is 0.152. The summed E-state index contributed by atoms with van der Waals surface area (Å²) in [6.45, 7) is 4.71. The molecule has 11 aromatic carbocycles. The third-order valence-electron chi connectivity index (χ3n) is 16.1. The van der Waals surface area contributed by atoms with Crippen molar-refractivity contribution < 1.29 is 8.83 Å². The minimum atomic E-state index is -0.582. The molecular formula is C70H48N2O2. The molecule has 2 heterocycles. The van der Waals surface area contributed by atoms with Crippen molar-refractivity contribution in [2.75, 3.05) is 9.80 Å². The summed E-state index contributed by atoms with van der Waals surface area (Å²) in [7, 11) is 0. The average Bonchev–Trinajstić information content (AvgIpc) is 4.18. The summed E-state index contributed by atoms with van der Waals surface area (Å²) >= 11 is 0. The summed E-state index contributed by atoms with van der Waals surface area (Å²) < 4.78 is 13.3. The van der Waals surface area contributed by atoms with Crippen LogP contribution in [0.2, 0.25) is 0 Å². The van der Waals surface area contributed by atoms with E-state index in [1.807, 2.05) is 12.1 Å². The number of benzene rings is 11. The maximum Gasteiger partial charge on any atom is 0.137 e. The number of para-hydroxylation sites is 2. The number of hydrogen-bond acceptors (Lipinski definition) is 4. The Labute approximate surface area is 429 Å². The zero-order valence-electron chi connectivity index (χ0n) is 41.0. The topological polar surface area (TPSA) is 32.8 Å². The molecule has 13 aromatic rings. The van der Waals surface area contributed by atoms with E-state index in [0.717, 1.165) is 78.0 Å². The van der Waals surface area contributed by atoms with E-state index in [1.165, 1.54) is 55.6 Å². The third-order valence-corrected chi connectivity index (χ3v) is 16.1. The Morgan fingerprint density at radius 3 is 1.61 bits per heavy atom. The normalized spacial score (nSPS) is 13.8. The van der Waals surface area contributed by atoms with Crippen LogP contribution in [0.5, 0.6) is 0 Å². The van der Waals surface area contributed by atoms with Gasteiger partial charge in [-0.15, -0.1) is 0 Å². The Morgan fingerprint density at radius 1 is 0.311 bits per heavy atom. The molecule has 0 bridgehead atoms. The second kappa shape index (κ2) is 16.1. The van der Waals surface area contributed by atoms with Gasteiger partial charge in [0, 0.05) is 56.0 Å². The van der Waals surface area contributed by atoms with E-state index in [9.17, 15) is 0 Å². The van der Waals surface area contributed by atoms with Crippen molar-refractivity contribution in [2.45, 2.75) is 24.7 Å². The zero-order valence-corrected chi connectivity index (χ0v) is 41.0. The molecule has 0 unspecified atom stereocenters. The van der Waals surface area contributed by atoms with Crippen molar-refractivity contribution in [2.24, 2.45) is 0 Å². The first kappa shape index (κ1) is 42.3. The number of nitrogens with zero attached hydrogens (tertiary/aromatic N) is 2. The number of furan rings is 2. The van der Waals surface area contributed by atoms with Gasteiger partial charge in [0.15, 0.2) is 0 Å². The van der Waals surface area contributed by atoms with Crippen LogP contribution in [0.15, 0.2) is 264 Å². The largest absolute Gasteiger partial charge is 0.456 e. The number of hydrogen-bond donors (Lipinski definition) is 0. The fourth-order valence-electron chi connectivity index (χ4n) is 12.9. The molecule has 15 rings (SSSR count). The van der Waals surface area contributed by atoms with Crippen LogP contribution >= 0.6 is 0 Å². The van der Waals surface area contributed by atoms with Crippen molar-refractivity contribution in [3.05, 3.63) is 288 Å². The maximum atomic E-state index is 6.67. The highest BCUT2D eigenvalue weighted by Gasteiger charge is 2.46. The molecule has 0 amide bonds. The van der Waals surface area contributed by atoms with Gasteiger partial charge in [-0.1, -0.05) is 190 Å². The molecule has 4 nitrogen and oxygen atoms in total. The highest BCUT2D eigenvalue weighted by Crippen LogP contribution is 2.59. The third kappa shape index (κ3) is 6.03. The van der Waals surface area contributed by atoms with E-state index >= 15 is 0 Å². The van der Waals surface area contributed by atoms with Gasteiger partial charge in [0.05, 0.1) is 22.2 Å². The predicted molar refractivity (Wildman–Crippen MR) is 305 cm³/mol. The van der Waals surface area contributed by atoms with E-state index in [0.29, 0.717) is 0 Å². The Kier molecular flexibility index (Phi) is 9.19. The second-order valence-corrected chi connectivity index (χ2v) is 20.3. The van der Waals surface area contributed by atoms with Gasteiger partial charge < -0.3 is 18.6 Å². The Bertz CT molecular complexity index is 4330. The molecule has 0 aliphatic heterocycles. The zero-order chi connectivity index (χ0) is 49.1. The van der Waals surface area contributed by atoms with E-state index < -0.39 is 5.41 Å². The van der Waals surface area contributed by atoms with E-state index in [2.05, 4.69) is 266 Å². The first-order valence-corrected chi connectivity index (χ1v) is 25.6. The van der Waals surface area contributed by atoms with Gasteiger partial charge in [0.1, 0.15) is 22.3 Å². The molecule has 2 aromatic heterocycles. The fraction of sp³-hybridized carbons (Fsp3) is 0.0571. The number of fused-ring (bicyclic) bond motifs is 12. The van der Waals surface area contributed by atoms with Crippen LogP contribution in [0.1, 0.15) is 47.2 Å². The van der Waals surface area contributed by atoms with Crippen molar-refractivity contribution in [1.82, 2.24) is 0 Å². The summed E-state index contributed by atoms with van der Waals surface area (Å²) in [4.78, 5) is 4.89. The molecule has 0 radical (unpaired) electrons. The molecule has 350 valence electrons. The summed E-state index contributed by atoms with van der Waals surface area (Å²) in [5.74, 6) is 0. The molecule has 0 fully saturated rings. The highest BCUT2D eigenvalue weighted by molar-refractivity contribution is 6.14. The summed E-state index contributed by atoms with van der Waals surface area (Å²) in [6, 6.07) is 92.9. The monoisotopic (exact) mass is 948 g/mol. The molecule has 2 aliphatic carbocycles. The Hall–Kier alpha value is -9.38. The molecule has 0 atom stereocenters. The smallest absolute Gasteiger partial charge is 0.137 e. The van der Waals surface area contributed by atoms with Gasteiger partial charge in [-0.25, -0.2) is 0 Å². The lowest BCUT2D eigenvalue weighted by molar-refractivity contribution is 0.660. The Morgan fingerprint density at radius 2 is 0.824 bits per heavy atom. The summed E-state index contributed by atoms with van der Waals surface area (Å²) in [5.41, 5.74) is 21.4. The molecular weight excluding hydrogens is 901 g/mol. The molecule has 74 heavy (non-hydrogen) atoms. The average molecular weight is 949 g/mol. The lowest BCUT2D eigenvalue weighted by atomic mass is 9.67. The summed E-state index contributed by atoms with van der Waals surface area (Å²) in [6.07, 6.45) is 0. The van der Waals surface area contributed by atoms with E-state index in [-0.39, 0.29) is 5.41 Å². The lowest BCUT2D eigenvalue weighted by Crippen LogP contribution is -2.28. The second-order valence-electron chi connectivity index (χ2n) is 20.3. The van der Waals surface area contributed by atoms with Gasteiger partial charge in [0.2, 0.25) is 0 Å². The van der Waals surface area contributed by atoms with Gasteiger partial charge >= 0.3 is 0 Å². The molecule has 0 N–H and O–H groups in total. The van der Waals surface area contributed by atoms with Crippen molar-refractivity contribution in [1.29, 1.82) is 0 Å². The van der Waals surface area contributed by atoms with Crippen LogP contribution in [-0.2, 0) is 10.8 Å². The lowest BCUT2D eigenvalue weighted by Gasteiger charge is -2.35. The van der Waals surface area contributed by atoms with Crippen molar-refractivity contribution in [3.63, 3.8) is 0 Å². The van der Waals surface area contributed by atoms with Crippen LogP contribution in [-0.4, -0.2) is 0 Å². The number of rotatable bonds is 8. The van der Waals surface area contributed by atoms with Gasteiger partial charge in [-0.05, 0) is 123 Å². The Balaban J connectivity index is 1.00. The maximum absolute atomic E-state index is 6.67. The molecule has 2 aliphatic rings. The minimum absolute atomic E-state index is 0.197. The van der Waals surface area contributed by atoms with Gasteiger partial charge in [0.25, 0.3) is 0 Å². The first-order chi connectivity index (χ1) is 36.5. The van der Waals surface area contributed by atoms with E-state index in [1.54, 1.807) is 0 Å².